The Bertz CT molecular complexity index is 802. The van der Waals surface area contributed by atoms with Crippen molar-refractivity contribution in [1.82, 2.24) is 10.6 Å². The molecule has 1 unspecified atom stereocenters. The van der Waals surface area contributed by atoms with Gasteiger partial charge in [-0.1, -0.05) is 6.07 Å². The Morgan fingerprint density at radius 1 is 1.26 bits per heavy atom. The normalized spacial score (nSPS) is 12.4. The minimum atomic E-state index is -0.420. The number of methoxy groups -OCH3 is 2. The maximum atomic E-state index is 11.9. The second-order valence-electron chi connectivity index (χ2n) is 6.21. The molecule has 2 aromatic rings. The summed E-state index contributed by atoms with van der Waals surface area (Å²) in [5.41, 5.74) is 1.34. The second-order valence-corrected chi connectivity index (χ2v) is 7.59. The number of carbonyl (C=O) groups excluding carboxylic acids is 1. The van der Waals surface area contributed by atoms with E-state index >= 15 is 0 Å². The topological polar surface area (TPSA) is 72.0 Å². The van der Waals surface area contributed by atoms with Gasteiger partial charge in [-0.3, -0.25) is 4.99 Å². The largest absolute Gasteiger partial charge is 0.496 e. The summed E-state index contributed by atoms with van der Waals surface area (Å²) in [6.07, 6.45) is 0.939. The van der Waals surface area contributed by atoms with Crippen molar-refractivity contribution in [2.45, 2.75) is 32.9 Å². The number of hydrogen-bond donors (Lipinski definition) is 2. The summed E-state index contributed by atoms with van der Waals surface area (Å²) in [6.45, 7) is 4.77. The Hall–Kier alpha value is -2.54. The number of aryl methyl sites for hydroxylation is 1. The Morgan fingerprint density at radius 3 is 2.63 bits per heavy atom. The van der Waals surface area contributed by atoms with Gasteiger partial charge in [0.05, 0.1) is 14.2 Å². The van der Waals surface area contributed by atoms with Crippen LogP contribution in [0, 0.1) is 6.92 Å². The zero-order valence-corrected chi connectivity index (χ0v) is 17.3. The van der Waals surface area contributed by atoms with Gasteiger partial charge in [-0.05, 0) is 43.7 Å². The average Bonchev–Trinajstić information content (AvgIpc) is 3.08. The molecular weight excluding hydrogens is 362 g/mol. The van der Waals surface area contributed by atoms with Gasteiger partial charge < -0.3 is 20.1 Å². The Labute approximate surface area is 164 Å². The zero-order chi connectivity index (χ0) is 19.8. The first-order valence-corrected chi connectivity index (χ1v) is 9.56. The van der Waals surface area contributed by atoms with Crippen molar-refractivity contribution in [3.8, 4) is 5.75 Å². The van der Waals surface area contributed by atoms with E-state index in [0.717, 1.165) is 12.0 Å². The predicted octanol–water partition coefficient (Wildman–Crippen LogP) is 3.15. The molecule has 7 heteroatoms. The molecule has 6 nitrogen and oxygen atoms in total. The lowest BCUT2D eigenvalue weighted by Crippen LogP contribution is -2.42. The molecule has 1 aromatic carbocycles. The smallest absolute Gasteiger partial charge is 0.341 e. The zero-order valence-electron chi connectivity index (χ0n) is 16.5. The number of hydrogen-bond acceptors (Lipinski definition) is 5. The number of guanidine groups is 1. The Kier molecular flexibility index (Phi) is 7.67. The van der Waals surface area contributed by atoms with Crippen LogP contribution in [0.25, 0.3) is 0 Å². The highest BCUT2D eigenvalue weighted by molar-refractivity contribution is 7.11. The number of thiophene rings is 1. The molecule has 2 rings (SSSR count). The van der Waals surface area contributed by atoms with E-state index in [4.69, 9.17) is 9.47 Å². The number of benzene rings is 1. The monoisotopic (exact) mass is 389 g/mol. The maximum absolute atomic E-state index is 11.9. The number of rotatable bonds is 7. The van der Waals surface area contributed by atoms with Gasteiger partial charge in [0.15, 0.2) is 5.96 Å². The minimum Gasteiger partial charge on any atom is -0.496 e. The first kappa shape index (κ1) is 20.8. The van der Waals surface area contributed by atoms with Crippen LogP contribution in [-0.4, -0.2) is 39.2 Å². The molecule has 1 aromatic heterocycles. The van der Waals surface area contributed by atoms with Crippen molar-refractivity contribution in [3.05, 3.63) is 51.2 Å². The van der Waals surface area contributed by atoms with Crippen molar-refractivity contribution >= 4 is 23.3 Å². The average molecular weight is 390 g/mol. The number of aliphatic imine (C=N–C) groups is 1. The van der Waals surface area contributed by atoms with Crippen LogP contribution in [0.15, 0.2) is 35.3 Å². The number of nitrogens with one attached hydrogen (secondary N) is 2. The lowest BCUT2D eigenvalue weighted by Gasteiger charge is -2.18. The number of nitrogens with zero attached hydrogens (tertiary/aromatic N) is 1. The van der Waals surface area contributed by atoms with Crippen LogP contribution >= 0.6 is 11.3 Å². The molecular formula is C20H27N3O3S. The minimum absolute atomic E-state index is 0.246. The van der Waals surface area contributed by atoms with Gasteiger partial charge in [0.1, 0.15) is 11.3 Å². The molecule has 0 radical (unpaired) electrons. The number of carbonyl (C=O) groups is 1. The molecule has 0 saturated heterocycles. The number of ether oxygens (including phenoxy) is 2. The molecule has 27 heavy (non-hydrogen) atoms. The first-order chi connectivity index (χ1) is 13.0. The fourth-order valence-corrected chi connectivity index (χ4v) is 3.72. The molecule has 0 fully saturated rings. The van der Waals surface area contributed by atoms with Gasteiger partial charge in [-0.2, -0.15) is 0 Å². The molecule has 0 bridgehead atoms. The second kappa shape index (κ2) is 9.97. The van der Waals surface area contributed by atoms with Gasteiger partial charge in [0, 0.05) is 35.8 Å². The standard InChI is InChI=1S/C20H27N3O3S/c1-13(10-16-8-6-14(2)27-16)23-20(21-3)22-12-15-7-9-18(25-4)17(11-15)19(24)26-5/h6-9,11,13H,10,12H2,1-5H3,(H2,21,22,23). The third kappa shape index (κ3) is 5.99. The van der Waals surface area contributed by atoms with Crippen LogP contribution in [0.3, 0.4) is 0 Å². The van der Waals surface area contributed by atoms with Crippen LogP contribution in [0.4, 0.5) is 0 Å². The third-order valence-corrected chi connectivity index (χ3v) is 5.06. The van der Waals surface area contributed by atoms with Gasteiger partial charge in [0.2, 0.25) is 0 Å². The van der Waals surface area contributed by atoms with E-state index in [1.54, 1.807) is 19.2 Å². The summed E-state index contributed by atoms with van der Waals surface area (Å²) in [5.74, 6) is 0.787. The van der Waals surface area contributed by atoms with Crippen molar-refractivity contribution in [2.75, 3.05) is 21.3 Å². The third-order valence-electron chi connectivity index (χ3n) is 4.04. The van der Waals surface area contributed by atoms with Crippen molar-refractivity contribution in [3.63, 3.8) is 0 Å². The van der Waals surface area contributed by atoms with E-state index in [0.29, 0.717) is 23.8 Å². The van der Waals surface area contributed by atoms with E-state index in [1.807, 2.05) is 17.4 Å². The molecule has 0 aliphatic rings. The van der Waals surface area contributed by atoms with Gasteiger partial charge >= 0.3 is 5.97 Å². The van der Waals surface area contributed by atoms with Crippen LogP contribution in [0.1, 0.15) is 32.6 Å². The van der Waals surface area contributed by atoms with Crippen molar-refractivity contribution < 1.29 is 14.3 Å². The van der Waals surface area contributed by atoms with E-state index in [2.05, 4.69) is 41.6 Å². The van der Waals surface area contributed by atoms with E-state index in [-0.39, 0.29) is 6.04 Å². The summed E-state index contributed by atoms with van der Waals surface area (Å²) in [5, 5.41) is 6.67. The molecule has 1 atom stereocenters. The molecule has 2 N–H and O–H groups in total. The highest BCUT2D eigenvalue weighted by Gasteiger charge is 2.14. The molecule has 0 amide bonds. The van der Waals surface area contributed by atoms with E-state index < -0.39 is 5.97 Å². The van der Waals surface area contributed by atoms with Crippen molar-refractivity contribution in [2.24, 2.45) is 4.99 Å². The van der Waals surface area contributed by atoms with E-state index in [1.165, 1.54) is 24.0 Å². The Balaban J connectivity index is 1.96. The molecule has 146 valence electrons. The van der Waals surface area contributed by atoms with Crippen LogP contribution < -0.4 is 15.4 Å². The molecule has 1 heterocycles. The summed E-state index contributed by atoms with van der Waals surface area (Å²) in [7, 11) is 4.63. The van der Waals surface area contributed by atoms with Crippen LogP contribution in [-0.2, 0) is 17.7 Å². The molecule has 0 saturated carbocycles. The fraction of sp³-hybridized carbons (Fsp3) is 0.400. The maximum Gasteiger partial charge on any atom is 0.341 e. The lowest BCUT2D eigenvalue weighted by molar-refractivity contribution is 0.0597. The van der Waals surface area contributed by atoms with Crippen LogP contribution in [0.2, 0.25) is 0 Å². The number of esters is 1. The lowest BCUT2D eigenvalue weighted by atomic mass is 10.1. The summed E-state index contributed by atoms with van der Waals surface area (Å²) in [6, 6.07) is 9.99. The Morgan fingerprint density at radius 2 is 2.04 bits per heavy atom. The molecule has 0 aliphatic carbocycles. The van der Waals surface area contributed by atoms with Crippen molar-refractivity contribution in [1.29, 1.82) is 0 Å². The summed E-state index contributed by atoms with van der Waals surface area (Å²) >= 11 is 1.81. The first-order valence-electron chi connectivity index (χ1n) is 8.74. The quantitative estimate of drug-likeness (QED) is 0.432. The summed E-state index contributed by atoms with van der Waals surface area (Å²) in [4.78, 5) is 18.8. The van der Waals surface area contributed by atoms with E-state index in [9.17, 15) is 4.79 Å². The highest BCUT2D eigenvalue weighted by Crippen LogP contribution is 2.21. The van der Waals surface area contributed by atoms with Gasteiger partial charge in [0.25, 0.3) is 0 Å². The fourth-order valence-electron chi connectivity index (χ4n) is 2.70. The SMILES string of the molecule is CN=C(NCc1ccc(OC)c(C(=O)OC)c1)NC(C)Cc1ccc(C)s1. The molecule has 0 aliphatic heterocycles. The molecule has 0 spiro atoms. The van der Waals surface area contributed by atoms with Gasteiger partial charge in [-0.15, -0.1) is 11.3 Å². The van der Waals surface area contributed by atoms with Crippen LogP contribution in [0.5, 0.6) is 5.75 Å². The van der Waals surface area contributed by atoms with Gasteiger partial charge in [-0.25, -0.2) is 4.79 Å². The summed E-state index contributed by atoms with van der Waals surface area (Å²) < 4.78 is 10.0. The highest BCUT2D eigenvalue weighted by atomic mass is 32.1. The predicted molar refractivity (Wildman–Crippen MR) is 110 cm³/mol.